The topological polar surface area (TPSA) is 55.4 Å². The lowest BCUT2D eigenvalue weighted by Gasteiger charge is -2.11. The number of halogens is 4. The summed E-state index contributed by atoms with van der Waals surface area (Å²) in [7, 11) is 1.27. The second-order valence-corrected chi connectivity index (χ2v) is 7.98. The molecule has 9 heteroatoms. The number of anilines is 1. The zero-order valence-electron chi connectivity index (χ0n) is 15.4. The van der Waals surface area contributed by atoms with Crippen LogP contribution in [0.5, 0.6) is 0 Å². The molecular weight excluding hydrogens is 427 g/mol. The Labute approximate surface area is 174 Å². The minimum absolute atomic E-state index is 0.0651. The van der Waals surface area contributed by atoms with Gasteiger partial charge < -0.3 is 10.1 Å². The molecule has 154 valence electrons. The van der Waals surface area contributed by atoms with Gasteiger partial charge in [-0.25, -0.2) is 4.79 Å². The lowest BCUT2D eigenvalue weighted by Crippen LogP contribution is -2.13. The van der Waals surface area contributed by atoms with E-state index in [2.05, 4.69) is 5.32 Å². The van der Waals surface area contributed by atoms with Gasteiger partial charge in [0.2, 0.25) is 5.91 Å². The maximum atomic E-state index is 12.9. The van der Waals surface area contributed by atoms with Gasteiger partial charge in [0.1, 0.15) is 5.00 Å². The molecule has 1 aromatic carbocycles. The van der Waals surface area contributed by atoms with Crippen molar-refractivity contribution < 1.29 is 27.5 Å². The van der Waals surface area contributed by atoms with Crippen molar-refractivity contribution in [1.29, 1.82) is 0 Å². The molecule has 0 spiro atoms. The second kappa shape index (κ2) is 8.59. The molecule has 0 saturated carbocycles. The summed E-state index contributed by atoms with van der Waals surface area (Å²) in [6.45, 7) is 0. The van der Waals surface area contributed by atoms with Crippen LogP contribution in [0.15, 0.2) is 24.3 Å². The molecule has 2 aromatic rings. The Hall–Kier alpha value is -2.32. The molecule has 1 heterocycles. The van der Waals surface area contributed by atoms with Crippen LogP contribution in [0.1, 0.15) is 44.8 Å². The van der Waals surface area contributed by atoms with Crippen molar-refractivity contribution in [2.24, 2.45) is 0 Å². The van der Waals surface area contributed by atoms with Crippen molar-refractivity contribution in [3.05, 3.63) is 56.4 Å². The van der Waals surface area contributed by atoms with Crippen LogP contribution >= 0.6 is 22.9 Å². The van der Waals surface area contributed by atoms with Gasteiger partial charge in [-0.1, -0.05) is 11.6 Å². The summed E-state index contributed by atoms with van der Waals surface area (Å²) in [5.74, 6) is -1.10. The van der Waals surface area contributed by atoms with Gasteiger partial charge in [-0.2, -0.15) is 13.2 Å². The Bertz CT molecular complexity index is 982. The molecule has 0 atom stereocenters. The summed E-state index contributed by atoms with van der Waals surface area (Å²) in [5, 5.41) is 3.11. The number of carbonyl (C=O) groups excluding carboxylic acids is 2. The first-order chi connectivity index (χ1) is 13.7. The maximum Gasteiger partial charge on any atom is 0.416 e. The summed E-state index contributed by atoms with van der Waals surface area (Å²) < 4.78 is 43.4. The number of amides is 1. The number of aryl methyl sites for hydroxylation is 1. The molecule has 0 aliphatic heterocycles. The van der Waals surface area contributed by atoms with Crippen molar-refractivity contribution in [1.82, 2.24) is 0 Å². The third-order valence-corrected chi connectivity index (χ3v) is 6.09. The zero-order valence-corrected chi connectivity index (χ0v) is 16.9. The van der Waals surface area contributed by atoms with E-state index in [1.54, 1.807) is 0 Å². The quantitative estimate of drug-likeness (QED) is 0.484. The number of alkyl halides is 3. The van der Waals surface area contributed by atoms with Crippen LogP contribution in [0.3, 0.4) is 0 Å². The van der Waals surface area contributed by atoms with Gasteiger partial charge in [-0.3, -0.25) is 4.79 Å². The monoisotopic (exact) mass is 443 g/mol. The van der Waals surface area contributed by atoms with E-state index < -0.39 is 23.6 Å². The minimum Gasteiger partial charge on any atom is -0.465 e. The number of hydrogen-bond acceptors (Lipinski definition) is 4. The Morgan fingerprint density at radius 1 is 1.24 bits per heavy atom. The van der Waals surface area contributed by atoms with E-state index in [0.717, 1.165) is 60.4 Å². The number of carbonyl (C=O) groups is 2. The first-order valence-corrected chi connectivity index (χ1v) is 9.99. The summed E-state index contributed by atoms with van der Waals surface area (Å²) in [6, 6.07) is 2.87. The van der Waals surface area contributed by atoms with E-state index in [0.29, 0.717) is 10.6 Å². The molecule has 1 aromatic heterocycles. The molecule has 4 nitrogen and oxygen atoms in total. The van der Waals surface area contributed by atoms with Crippen molar-refractivity contribution in [3.8, 4) is 0 Å². The third kappa shape index (κ3) is 4.82. The summed E-state index contributed by atoms with van der Waals surface area (Å²) in [6.07, 6.45) is 1.31. The second-order valence-electron chi connectivity index (χ2n) is 6.46. The third-order valence-electron chi connectivity index (χ3n) is 4.54. The highest BCUT2D eigenvalue weighted by atomic mass is 35.5. The van der Waals surface area contributed by atoms with Crippen LogP contribution in [0.4, 0.5) is 18.2 Å². The van der Waals surface area contributed by atoms with Crippen LogP contribution in [0.2, 0.25) is 5.02 Å². The van der Waals surface area contributed by atoms with Crippen molar-refractivity contribution in [2.75, 3.05) is 12.4 Å². The number of hydrogen-bond donors (Lipinski definition) is 1. The minimum atomic E-state index is -4.51. The first kappa shape index (κ1) is 21.4. The molecule has 29 heavy (non-hydrogen) atoms. The molecule has 0 unspecified atom stereocenters. The predicted molar refractivity (Wildman–Crippen MR) is 106 cm³/mol. The lowest BCUT2D eigenvalue weighted by molar-refractivity contribution is -0.137. The number of benzene rings is 1. The van der Waals surface area contributed by atoms with Crippen molar-refractivity contribution in [2.45, 2.75) is 31.9 Å². The maximum absolute atomic E-state index is 12.9. The smallest absolute Gasteiger partial charge is 0.416 e. The van der Waals surface area contributed by atoms with Crippen molar-refractivity contribution in [3.63, 3.8) is 0 Å². The molecule has 0 radical (unpaired) electrons. The number of thiophene rings is 1. The SMILES string of the molecule is COC(=O)c1c(NC(=O)/C=C/c2cc(C(F)(F)F)ccc2Cl)sc2c1CCCC2. The Balaban J connectivity index is 1.83. The van der Waals surface area contributed by atoms with Crippen LogP contribution < -0.4 is 5.32 Å². The van der Waals surface area contributed by atoms with E-state index in [4.69, 9.17) is 16.3 Å². The van der Waals surface area contributed by atoms with E-state index in [1.165, 1.54) is 24.5 Å². The number of methoxy groups -OCH3 is 1. The van der Waals surface area contributed by atoms with Crippen LogP contribution in [0, 0.1) is 0 Å². The van der Waals surface area contributed by atoms with Gasteiger partial charge in [-0.15, -0.1) is 11.3 Å². The van der Waals surface area contributed by atoms with Gasteiger partial charge in [0.25, 0.3) is 0 Å². The molecule has 1 aliphatic rings. The molecule has 1 aliphatic carbocycles. The summed E-state index contributed by atoms with van der Waals surface area (Å²) in [4.78, 5) is 25.6. The summed E-state index contributed by atoms with van der Waals surface area (Å²) >= 11 is 7.26. The number of esters is 1. The standard InChI is InChI=1S/C20H17ClF3NO3S/c1-28-19(27)17-13-4-2-3-5-15(13)29-18(17)25-16(26)9-6-11-10-12(20(22,23)24)7-8-14(11)21/h6-10H,2-5H2,1H3,(H,25,26)/b9-6+. The first-order valence-electron chi connectivity index (χ1n) is 8.79. The molecule has 1 amide bonds. The lowest BCUT2D eigenvalue weighted by atomic mass is 9.95. The van der Waals surface area contributed by atoms with Crippen LogP contribution in [0.25, 0.3) is 6.08 Å². The van der Waals surface area contributed by atoms with Gasteiger partial charge in [0, 0.05) is 16.0 Å². The molecule has 0 saturated heterocycles. The highest BCUT2D eigenvalue weighted by Gasteiger charge is 2.31. The molecule has 3 rings (SSSR count). The summed E-state index contributed by atoms with van der Waals surface area (Å²) in [5.41, 5.74) is 0.454. The van der Waals surface area contributed by atoms with Gasteiger partial charge >= 0.3 is 12.1 Å². The number of nitrogens with one attached hydrogen (secondary N) is 1. The fourth-order valence-corrected chi connectivity index (χ4v) is 4.60. The van der Waals surface area contributed by atoms with Gasteiger partial charge in [0.05, 0.1) is 18.2 Å². The highest BCUT2D eigenvalue weighted by molar-refractivity contribution is 7.17. The van der Waals surface area contributed by atoms with Gasteiger partial charge in [0.15, 0.2) is 0 Å². The average Bonchev–Trinajstić information content (AvgIpc) is 3.03. The number of rotatable bonds is 4. The number of fused-ring (bicyclic) bond motifs is 1. The van der Waals surface area contributed by atoms with Crippen LogP contribution in [-0.2, 0) is 28.5 Å². The Morgan fingerprint density at radius 3 is 2.66 bits per heavy atom. The fraction of sp³-hybridized carbons (Fsp3) is 0.300. The van der Waals surface area contributed by atoms with Gasteiger partial charge in [-0.05, 0) is 61.1 Å². The fourth-order valence-electron chi connectivity index (χ4n) is 3.14. The molecule has 0 bridgehead atoms. The zero-order chi connectivity index (χ0) is 21.2. The van der Waals surface area contributed by atoms with Crippen LogP contribution in [-0.4, -0.2) is 19.0 Å². The normalized spacial score (nSPS) is 14.0. The molecule has 1 N–H and O–H groups in total. The van der Waals surface area contributed by atoms with E-state index in [-0.39, 0.29) is 10.6 Å². The van der Waals surface area contributed by atoms with E-state index in [1.807, 2.05) is 0 Å². The largest absolute Gasteiger partial charge is 0.465 e. The number of ether oxygens (including phenoxy) is 1. The molecule has 0 fully saturated rings. The van der Waals surface area contributed by atoms with Crippen molar-refractivity contribution >= 4 is 45.9 Å². The predicted octanol–water partition coefficient (Wildman–Crippen LogP) is 5.74. The van der Waals surface area contributed by atoms with E-state index >= 15 is 0 Å². The Kier molecular flexibility index (Phi) is 6.33. The van der Waals surface area contributed by atoms with E-state index in [9.17, 15) is 22.8 Å². The molecular formula is C20H17ClF3NO3S. The Morgan fingerprint density at radius 2 is 1.97 bits per heavy atom. The average molecular weight is 444 g/mol. The highest BCUT2D eigenvalue weighted by Crippen LogP contribution is 2.38.